The maximum absolute atomic E-state index is 12.8. The first kappa shape index (κ1) is 22.5. The summed E-state index contributed by atoms with van der Waals surface area (Å²) in [5, 5.41) is 7.01. The van der Waals surface area contributed by atoms with Crippen molar-refractivity contribution in [1.82, 2.24) is 19.4 Å². The van der Waals surface area contributed by atoms with E-state index in [4.69, 9.17) is 4.74 Å². The summed E-state index contributed by atoms with van der Waals surface area (Å²) in [5.74, 6) is -0.102. The maximum atomic E-state index is 12.8. The first-order chi connectivity index (χ1) is 14.9. The van der Waals surface area contributed by atoms with Gasteiger partial charge in [0.25, 0.3) is 5.91 Å². The second-order valence-corrected chi connectivity index (χ2v) is 8.69. The SMILES string of the molecule is CCN(CC)S(=O)(=O)c1ccc(OC)c(C(=O)NCc2ccc(-n3cccn3)cc2)c1. The van der Waals surface area contributed by atoms with Crippen molar-refractivity contribution < 1.29 is 17.9 Å². The third-order valence-corrected chi connectivity index (χ3v) is 6.96. The fraction of sp³-hybridized carbons (Fsp3) is 0.273. The van der Waals surface area contributed by atoms with E-state index in [0.717, 1.165) is 11.3 Å². The largest absolute Gasteiger partial charge is 0.496 e. The Labute approximate surface area is 182 Å². The van der Waals surface area contributed by atoms with E-state index in [9.17, 15) is 13.2 Å². The zero-order chi connectivity index (χ0) is 22.4. The van der Waals surface area contributed by atoms with Gasteiger partial charge in [-0.15, -0.1) is 0 Å². The van der Waals surface area contributed by atoms with Crippen LogP contribution < -0.4 is 10.1 Å². The minimum Gasteiger partial charge on any atom is -0.496 e. The molecular formula is C22H26N4O4S. The van der Waals surface area contributed by atoms with Crippen LogP contribution in [0.5, 0.6) is 5.75 Å². The molecule has 0 aliphatic heterocycles. The van der Waals surface area contributed by atoms with Crippen LogP contribution >= 0.6 is 0 Å². The topological polar surface area (TPSA) is 93.5 Å². The highest BCUT2D eigenvalue weighted by Gasteiger charge is 2.24. The van der Waals surface area contributed by atoms with E-state index in [2.05, 4.69) is 10.4 Å². The molecule has 0 atom stereocenters. The minimum atomic E-state index is -3.69. The molecule has 0 saturated carbocycles. The molecule has 0 saturated heterocycles. The zero-order valence-corrected chi connectivity index (χ0v) is 18.6. The highest BCUT2D eigenvalue weighted by Crippen LogP contribution is 2.24. The Hall–Kier alpha value is -3.17. The third kappa shape index (κ3) is 4.95. The molecule has 0 radical (unpaired) electrons. The van der Waals surface area contributed by atoms with Crippen molar-refractivity contribution in [2.75, 3.05) is 20.2 Å². The van der Waals surface area contributed by atoms with Gasteiger partial charge in [-0.2, -0.15) is 9.40 Å². The van der Waals surface area contributed by atoms with Gasteiger partial charge in [0, 0.05) is 32.0 Å². The van der Waals surface area contributed by atoms with Crippen molar-refractivity contribution >= 4 is 15.9 Å². The van der Waals surface area contributed by atoms with Crippen molar-refractivity contribution in [3.63, 3.8) is 0 Å². The first-order valence-electron chi connectivity index (χ1n) is 9.96. The van der Waals surface area contributed by atoms with E-state index in [-0.39, 0.29) is 17.0 Å². The molecule has 31 heavy (non-hydrogen) atoms. The van der Waals surface area contributed by atoms with Crippen molar-refractivity contribution in [3.05, 3.63) is 72.1 Å². The zero-order valence-electron chi connectivity index (χ0n) is 17.8. The van der Waals surface area contributed by atoms with Gasteiger partial charge in [0.05, 0.1) is 23.3 Å². The van der Waals surface area contributed by atoms with E-state index >= 15 is 0 Å². The highest BCUT2D eigenvalue weighted by atomic mass is 32.2. The number of hydrogen-bond acceptors (Lipinski definition) is 5. The van der Waals surface area contributed by atoms with Gasteiger partial charge < -0.3 is 10.1 Å². The van der Waals surface area contributed by atoms with Crippen molar-refractivity contribution in [3.8, 4) is 11.4 Å². The minimum absolute atomic E-state index is 0.0609. The summed E-state index contributed by atoms with van der Waals surface area (Å²) in [5.41, 5.74) is 1.98. The second-order valence-electron chi connectivity index (χ2n) is 6.75. The molecule has 1 N–H and O–H groups in total. The molecule has 164 valence electrons. The Kier molecular flexibility index (Phi) is 7.09. The lowest BCUT2D eigenvalue weighted by molar-refractivity contribution is 0.0947. The number of aromatic nitrogens is 2. The number of carbonyl (C=O) groups is 1. The number of sulfonamides is 1. The summed E-state index contributed by atoms with van der Waals surface area (Å²) in [6, 6.07) is 13.8. The molecule has 3 rings (SSSR count). The Balaban J connectivity index is 1.77. The molecule has 2 aromatic carbocycles. The molecule has 0 unspecified atom stereocenters. The van der Waals surface area contributed by atoms with Gasteiger partial charge in [0.15, 0.2) is 0 Å². The molecule has 0 aliphatic rings. The van der Waals surface area contributed by atoms with Crippen LogP contribution in [0.3, 0.4) is 0 Å². The molecule has 8 nitrogen and oxygen atoms in total. The molecule has 9 heteroatoms. The number of benzene rings is 2. The van der Waals surface area contributed by atoms with Crippen LogP contribution in [-0.4, -0.2) is 48.6 Å². The van der Waals surface area contributed by atoms with Crippen LogP contribution in [0.15, 0.2) is 65.8 Å². The van der Waals surface area contributed by atoms with E-state index < -0.39 is 15.9 Å². The molecule has 0 spiro atoms. The van der Waals surface area contributed by atoms with Crippen LogP contribution in [0, 0.1) is 0 Å². The number of hydrogen-bond donors (Lipinski definition) is 1. The molecular weight excluding hydrogens is 416 g/mol. The van der Waals surface area contributed by atoms with Gasteiger partial charge in [0.2, 0.25) is 10.0 Å². The summed E-state index contributed by atoms with van der Waals surface area (Å²) in [6.45, 7) is 4.53. The lowest BCUT2D eigenvalue weighted by Gasteiger charge is -2.19. The molecule has 1 aromatic heterocycles. The number of nitrogens with one attached hydrogen (secondary N) is 1. The average molecular weight is 443 g/mol. The van der Waals surface area contributed by atoms with E-state index in [0.29, 0.717) is 18.8 Å². The van der Waals surface area contributed by atoms with Gasteiger partial charge in [-0.3, -0.25) is 4.79 Å². The summed E-state index contributed by atoms with van der Waals surface area (Å²) in [7, 11) is -2.24. The highest BCUT2D eigenvalue weighted by molar-refractivity contribution is 7.89. The van der Waals surface area contributed by atoms with Crippen LogP contribution in [0.25, 0.3) is 5.69 Å². The van der Waals surface area contributed by atoms with Crippen molar-refractivity contribution in [1.29, 1.82) is 0 Å². The van der Waals surface area contributed by atoms with E-state index in [1.165, 1.54) is 29.6 Å². The van der Waals surface area contributed by atoms with Gasteiger partial charge in [-0.25, -0.2) is 13.1 Å². The van der Waals surface area contributed by atoms with Crippen LogP contribution in [0.4, 0.5) is 0 Å². The third-order valence-electron chi connectivity index (χ3n) is 4.92. The fourth-order valence-corrected chi connectivity index (χ4v) is 4.69. The number of carbonyl (C=O) groups excluding carboxylic acids is 1. The predicted molar refractivity (Wildman–Crippen MR) is 118 cm³/mol. The normalized spacial score (nSPS) is 11.5. The van der Waals surface area contributed by atoms with Gasteiger partial charge in [0.1, 0.15) is 5.75 Å². The lowest BCUT2D eigenvalue weighted by atomic mass is 10.1. The summed E-state index contributed by atoms with van der Waals surface area (Å²) in [6.07, 6.45) is 3.55. The monoisotopic (exact) mass is 442 g/mol. The molecule has 1 heterocycles. The fourth-order valence-electron chi connectivity index (χ4n) is 3.20. The summed E-state index contributed by atoms with van der Waals surface area (Å²) < 4.78 is 34.0. The van der Waals surface area contributed by atoms with E-state index in [1.807, 2.05) is 36.5 Å². The Morgan fingerprint density at radius 2 is 1.84 bits per heavy atom. The van der Waals surface area contributed by atoms with Crippen LogP contribution in [0.1, 0.15) is 29.8 Å². The Morgan fingerprint density at radius 3 is 2.42 bits per heavy atom. The van der Waals surface area contributed by atoms with Crippen LogP contribution in [0.2, 0.25) is 0 Å². The molecule has 3 aromatic rings. The molecule has 0 bridgehead atoms. The lowest BCUT2D eigenvalue weighted by Crippen LogP contribution is -2.31. The Bertz CT molecular complexity index is 1120. The average Bonchev–Trinajstić information content (AvgIpc) is 3.33. The standard InChI is InChI=1S/C22H26N4O4S/c1-4-25(5-2)31(28,29)19-11-12-21(30-3)20(15-19)22(27)23-16-17-7-9-18(10-8-17)26-14-6-13-24-26/h6-15H,4-5,16H2,1-3H3,(H,23,27). The number of rotatable bonds is 9. The summed E-state index contributed by atoms with van der Waals surface area (Å²) in [4.78, 5) is 12.9. The first-order valence-corrected chi connectivity index (χ1v) is 11.4. The number of ether oxygens (including phenoxy) is 1. The van der Waals surface area contributed by atoms with Gasteiger partial charge >= 0.3 is 0 Å². The second kappa shape index (κ2) is 9.76. The van der Waals surface area contributed by atoms with Crippen molar-refractivity contribution in [2.45, 2.75) is 25.3 Å². The maximum Gasteiger partial charge on any atom is 0.255 e. The smallest absolute Gasteiger partial charge is 0.255 e. The number of nitrogens with zero attached hydrogens (tertiary/aromatic N) is 3. The van der Waals surface area contributed by atoms with E-state index in [1.54, 1.807) is 24.7 Å². The number of amides is 1. The molecule has 0 aliphatic carbocycles. The Morgan fingerprint density at radius 1 is 1.13 bits per heavy atom. The molecule has 0 fully saturated rings. The van der Waals surface area contributed by atoms with Crippen LogP contribution in [-0.2, 0) is 16.6 Å². The summed E-state index contributed by atoms with van der Waals surface area (Å²) >= 11 is 0. The van der Waals surface area contributed by atoms with Gasteiger partial charge in [-0.05, 0) is 42.0 Å². The molecule has 1 amide bonds. The van der Waals surface area contributed by atoms with Gasteiger partial charge in [-0.1, -0.05) is 26.0 Å². The van der Waals surface area contributed by atoms with Crippen molar-refractivity contribution in [2.24, 2.45) is 0 Å². The quantitative estimate of drug-likeness (QED) is 0.550. The number of methoxy groups -OCH3 is 1. The predicted octanol–water partition coefficient (Wildman–Crippen LogP) is 2.84.